The molecule has 2 amide bonds. The Morgan fingerprint density at radius 1 is 1.12 bits per heavy atom. The molecule has 1 atom stereocenters. The Morgan fingerprint density at radius 2 is 2.00 bits per heavy atom. The van der Waals surface area contributed by atoms with Gasteiger partial charge in [0.1, 0.15) is 6.04 Å². The number of urea groups is 1. The predicted molar refractivity (Wildman–Crippen MR) is 92.6 cm³/mol. The molecule has 1 unspecified atom stereocenters. The number of carbonyl (C=O) groups excluding carboxylic acids is 1. The molecule has 1 N–H and O–H groups in total. The quantitative estimate of drug-likeness (QED) is 0.921. The Kier molecular flexibility index (Phi) is 4.24. The maximum Gasteiger partial charge on any atom is 0.318 e. The summed E-state index contributed by atoms with van der Waals surface area (Å²) in [5, 5.41) is 3.27. The van der Waals surface area contributed by atoms with Gasteiger partial charge in [0.2, 0.25) is 0 Å². The van der Waals surface area contributed by atoms with Crippen molar-refractivity contribution in [1.29, 1.82) is 0 Å². The first-order chi connectivity index (χ1) is 11.8. The van der Waals surface area contributed by atoms with E-state index in [0.29, 0.717) is 6.04 Å². The molecular weight excluding hydrogens is 300 g/mol. The van der Waals surface area contributed by atoms with Gasteiger partial charge in [-0.3, -0.25) is 4.98 Å². The van der Waals surface area contributed by atoms with E-state index >= 15 is 0 Å². The molecular formula is C19H24N4O. The molecule has 5 nitrogen and oxygen atoms in total. The van der Waals surface area contributed by atoms with Crippen LogP contribution in [0.3, 0.4) is 0 Å². The van der Waals surface area contributed by atoms with Crippen LogP contribution in [0.5, 0.6) is 0 Å². The molecule has 5 heteroatoms. The van der Waals surface area contributed by atoms with E-state index in [2.05, 4.69) is 39.3 Å². The number of nitrogens with zero attached hydrogens (tertiary/aromatic N) is 3. The Morgan fingerprint density at radius 3 is 2.79 bits per heavy atom. The van der Waals surface area contributed by atoms with Gasteiger partial charge in [-0.1, -0.05) is 25.3 Å². The van der Waals surface area contributed by atoms with Gasteiger partial charge in [0.05, 0.1) is 0 Å². The first kappa shape index (κ1) is 15.2. The third kappa shape index (κ3) is 2.90. The van der Waals surface area contributed by atoms with Crippen LogP contribution in [0.2, 0.25) is 0 Å². The lowest BCUT2D eigenvalue weighted by molar-refractivity contribution is 0.162. The summed E-state index contributed by atoms with van der Waals surface area (Å²) in [5.74, 6) is 0. The summed E-state index contributed by atoms with van der Waals surface area (Å²) in [5.41, 5.74) is 2.23. The smallest absolute Gasteiger partial charge is 0.318 e. The monoisotopic (exact) mass is 324 g/mol. The molecule has 3 heterocycles. The standard InChI is InChI=1S/C19H24N4O/c24-19(21-16-7-2-1-3-8-16)23-13-12-22-11-5-9-17(22)18(23)15-6-4-10-20-14-15/h4-6,9-11,14,16,18H,1-3,7-8,12-13H2,(H,21,24). The van der Waals surface area contributed by atoms with Crippen LogP contribution < -0.4 is 5.32 Å². The second-order valence-electron chi connectivity index (χ2n) is 6.79. The minimum absolute atomic E-state index is 0.0585. The molecule has 0 spiro atoms. The number of pyridine rings is 1. The number of rotatable bonds is 2. The zero-order valence-corrected chi connectivity index (χ0v) is 13.9. The van der Waals surface area contributed by atoms with Gasteiger partial charge in [0.15, 0.2) is 0 Å². The highest BCUT2D eigenvalue weighted by Crippen LogP contribution is 2.32. The van der Waals surface area contributed by atoms with Gasteiger partial charge in [-0.15, -0.1) is 0 Å². The third-order valence-electron chi connectivity index (χ3n) is 5.23. The van der Waals surface area contributed by atoms with Crippen molar-refractivity contribution in [2.24, 2.45) is 0 Å². The summed E-state index contributed by atoms with van der Waals surface area (Å²) in [6.45, 7) is 1.57. The van der Waals surface area contributed by atoms with E-state index in [1.807, 2.05) is 17.2 Å². The van der Waals surface area contributed by atoms with Crippen LogP contribution in [0.4, 0.5) is 4.79 Å². The van der Waals surface area contributed by atoms with Crippen molar-refractivity contribution >= 4 is 6.03 Å². The lowest BCUT2D eigenvalue weighted by Gasteiger charge is -2.38. The number of hydrogen-bond donors (Lipinski definition) is 1. The van der Waals surface area contributed by atoms with Crippen molar-refractivity contribution in [2.45, 2.75) is 50.7 Å². The Hall–Kier alpha value is -2.30. The van der Waals surface area contributed by atoms with Crippen LogP contribution in [0, 0.1) is 0 Å². The van der Waals surface area contributed by atoms with Gasteiger partial charge >= 0.3 is 6.03 Å². The summed E-state index contributed by atoms with van der Waals surface area (Å²) < 4.78 is 2.24. The van der Waals surface area contributed by atoms with Gasteiger partial charge < -0.3 is 14.8 Å². The van der Waals surface area contributed by atoms with E-state index in [0.717, 1.165) is 37.2 Å². The zero-order valence-electron chi connectivity index (χ0n) is 13.9. The molecule has 0 aromatic carbocycles. The van der Waals surface area contributed by atoms with Crippen LogP contribution in [0.25, 0.3) is 0 Å². The van der Waals surface area contributed by atoms with Crippen molar-refractivity contribution in [3.63, 3.8) is 0 Å². The fourth-order valence-electron chi connectivity index (χ4n) is 4.00. The molecule has 1 fully saturated rings. The summed E-state index contributed by atoms with van der Waals surface area (Å²) in [6.07, 6.45) is 11.7. The molecule has 2 aliphatic rings. The van der Waals surface area contributed by atoms with Gasteiger partial charge in [-0.05, 0) is 36.6 Å². The highest BCUT2D eigenvalue weighted by Gasteiger charge is 2.33. The van der Waals surface area contributed by atoms with E-state index in [9.17, 15) is 4.79 Å². The molecule has 2 aromatic rings. The maximum atomic E-state index is 13.0. The van der Waals surface area contributed by atoms with Crippen molar-refractivity contribution in [3.8, 4) is 0 Å². The van der Waals surface area contributed by atoms with Crippen LogP contribution in [0.15, 0.2) is 42.9 Å². The molecule has 24 heavy (non-hydrogen) atoms. The molecule has 1 aliphatic heterocycles. The average Bonchev–Trinajstić information content (AvgIpc) is 3.11. The molecule has 4 rings (SSSR count). The third-order valence-corrected chi connectivity index (χ3v) is 5.23. The molecule has 0 saturated heterocycles. The number of fused-ring (bicyclic) bond motifs is 1. The Labute approximate surface area is 142 Å². The zero-order chi connectivity index (χ0) is 16.4. The van der Waals surface area contributed by atoms with Crippen LogP contribution in [0.1, 0.15) is 49.4 Å². The Balaban J connectivity index is 1.60. The molecule has 2 aromatic heterocycles. The fourth-order valence-corrected chi connectivity index (χ4v) is 4.00. The summed E-state index contributed by atoms with van der Waals surface area (Å²) in [4.78, 5) is 19.2. The molecule has 1 aliphatic carbocycles. The predicted octanol–water partition coefficient (Wildman–Crippen LogP) is 3.33. The van der Waals surface area contributed by atoms with Crippen molar-refractivity contribution in [2.75, 3.05) is 6.54 Å². The molecule has 126 valence electrons. The number of hydrogen-bond acceptors (Lipinski definition) is 2. The maximum absolute atomic E-state index is 13.0. The Bertz CT molecular complexity index is 690. The largest absolute Gasteiger partial charge is 0.348 e. The van der Waals surface area contributed by atoms with Gasteiger partial charge in [0, 0.05) is 43.4 Å². The molecule has 1 saturated carbocycles. The van der Waals surface area contributed by atoms with Crippen LogP contribution >= 0.6 is 0 Å². The van der Waals surface area contributed by atoms with Gasteiger partial charge in [-0.25, -0.2) is 4.79 Å². The van der Waals surface area contributed by atoms with Crippen LogP contribution in [-0.2, 0) is 6.54 Å². The minimum atomic E-state index is -0.0639. The second-order valence-corrected chi connectivity index (χ2v) is 6.79. The normalized spacial score (nSPS) is 21.3. The number of aromatic nitrogens is 2. The van der Waals surface area contributed by atoms with Crippen LogP contribution in [-0.4, -0.2) is 33.1 Å². The van der Waals surface area contributed by atoms with E-state index < -0.39 is 0 Å². The summed E-state index contributed by atoms with van der Waals surface area (Å²) in [7, 11) is 0. The number of nitrogens with one attached hydrogen (secondary N) is 1. The lowest BCUT2D eigenvalue weighted by atomic mass is 9.95. The lowest BCUT2D eigenvalue weighted by Crippen LogP contribution is -2.50. The number of amides is 2. The topological polar surface area (TPSA) is 50.2 Å². The van der Waals surface area contributed by atoms with Gasteiger partial charge in [0.25, 0.3) is 0 Å². The highest BCUT2D eigenvalue weighted by atomic mass is 16.2. The van der Waals surface area contributed by atoms with E-state index in [1.165, 1.54) is 19.3 Å². The van der Waals surface area contributed by atoms with E-state index in [1.54, 1.807) is 6.20 Å². The summed E-state index contributed by atoms with van der Waals surface area (Å²) >= 11 is 0. The van der Waals surface area contributed by atoms with Crippen molar-refractivity contribution < 1.29 is 4.79 Å². The minimum Gasteiger partial charge on any atom is -0.348 e. The second kappa shape index (κ2) is 6.67. The van der Waals surface area contributed by atoms with E-state index in [4.69, 9.17) is 0 Å². The van der Waals surface area contributed by atoms with Crippen molar-refractivity contribution in [1.82, 2.24) is 19.8 Å². The first-order valence-electron chi connectivity index (χ1n) is 8.95. The molecule has 0 bridgehead atoms. The SMILES string of the molecule is O=C(NC1CCCCC1)N1CCn2cccc2C1c1cccnc1. The summed E-state index contributed by atoms with van der Waals surface area (Å²) in [6, 6.07) is 8.48. The molecule has 0 radical (unpaired) electrons. The van der Waals surface area contributed by atoms with Gasteiger partial charge in [-0.2, -0.15) is 0 Å². The van der Waals surface area contributed by atoms with E-state index in [-0.39, 0.29) is 12.1 Å². The van der Waals surface area contributed by atoms with Crippen molar-refractivity contribution in [3.05, 3.63) is 54.1 Å². The first-order valence-corrected chi connectivity index (χ1v) is 8.95. The number of carbonyl (C=O) groups is 1. The average molecular weight is 324 g/mol. The highest BCUT2D eigenvalue weighted by molar-refractivity contribution is 5.76. The fraction of sp³-hybridized carbons (Fsp3) is 0.474.